The summed E-state index contributed by atoms with van der Waals surface area (Å²) in [4.78, 5) is 11.0. The van der Waals surface area contributed by atoms with E-state index in [4.69, 9.17) is 19.7 Å². The van der Waals surface area contributed by atoms with Gasteiger partial charge in [0.1, 0.15) is 12.2 Å². The van der Waals surface area contributed by atoms with Crippen LogP contribution in [0.5, 0.6) is 0 Å². The van der Waals surface area contributed by atoms with Crippen LogP contribution in [-0.2, 0) is 14.3 Å². The highest BCUT2D eigenvalue weighted by atomic mass is 16.6. The molecule has 0 radical (unpaired) electrons. The molecule has 0 aliphatic carbocycles. The normalized spacial score (nSPS) is 47.7. The predicted octanol–water partition coefficient (Wildman–Crippen LogP) is -1.01. The second kappa shape index (κ2) is 3.96. The van der Waals surface area contributed by atoms with E-state index >= 15 is 0 Å². The molecule has 2 rings (SSSR count). The Morgan fingerprint density at radius 2 is 2.25 bits per heavy atom. The molecular weight excluding hydrogens is 216 g/mol. The molecule has 2 fully saturated rings. The van der Waals surface area contributed by atoms with E-state index in [2.05, 4.69) is 0 Å². The molecule has 2 heterocycles. The van der Waals surface area contributed by atoms with Gasteiger partial charge in [0, 0.05) is 5.92 Å². The fourth-order valence-corrected chi connectivity index (χ4v) is 2.42. The van der Waals surface area contributed by atoms with Gasteiger partial charge in [0.2, 0.25) is 0 Å². The number of hydrogen-bond acceptors (Lipinski definition) is 5. The zero-order valence-corrected chi connectivity index (χ0v) is 9.00. The standard InChI is InChI=1S/C10H16O6/c1-10(9(13)14)2-5-4-15-6(3-11)7(12)8(5)16-10/h5-8,11-12H,2-4H2,1H3,(H,13,14)/t5?,6?,7?,8?,10-/m0/s1. The Hall–Kier alpha value is -0.690. The van der Waals surface area contributed by atoms with Crippen LogP contribution < -0.4 is 0 Å². The van der Waals surface area contributed by atoms with Gasteiger partial charge in [0.05, 0.1) is 19.3 Å². The van der Waals surface area contributed by atoms with Crippen LogP contribution in [0.15, 0.2) is 0 Å². The van der Waals surface area contributed by atoms with E-state index < -0.39 is 29.9 Å². The first-order chi connectivity index (χ1) is 7.48. The average molecular weight is 232 g/mol. The summed E-state index contributed by atoms with van der Waals surface area (Å²) < 4.78 is 10.7. The summed E-state index contributed by atoms with van der Waals surface area (Å²) in [7, 11) is 0. The molecule has 4 unspecified atom stereocenters. The Morgan fingerprint density at radius 3 is 2.81 bits per heavy atom. The van der Waals surface area contributed by atoms with Crippen LogP contribution in [0.3, 0.4) is 0 Å². The number of fused-ring (bicyclic) bond motifs is 1. The monoisotopic (exact) mass is 232 g/mol. The number of hydrogen-bond donors (Lipinski definition) is 3. The second-order valence-electron chi connectivity index (χ2n) is 4.63. The van der Waals surface area contributed by atoms with E-state index in [1.165, 1.54) is 6.92 Å². The van der Waals surface area contributed by atoms with Gasteiger partial charge in [-0.25, -0.2) is 4.79 Å². The fraction of sp³-hybridized carbons (Fsp3) is 0.900. The van der Waals surface area contributed by atoms with Crippen molar-refractivity contribution >= 4 is 5.97 Å². The average Bonchev–Trinajstić information content (AvgIpc) is 2.58. The minimum atomic E-state index is -1.26. The third-order valence-corrected chi connectivity index (χ3v) is 3.39. The van der Waals surface area contributed by atoms with Gasteiger partial charge in [-0.05, 0) is 13.3 Å². The van der Waals surface area contributed by atoms with E-state index in [0.717, 1.165) is 0 Å². The first-order valence-corrected chi connectivity index (χ1v) is 5.29. The lowest BCUT2D eigenvalue weighted by Crippen LogP contribution is -2.50. The van der Waals surface area contributed by atoms with Crippen molar-refractivity contribution in [1.29, 1.82) is 0 Å². The van der Waals surface area contributed by atoms with Crippen molar-refractivity contribution in [3.8, 4) is 0 Å². The minimum absolute atomic E-state index is 0.126. The lowest BCUT2D eigenvalue weighted by atomic mass is 9.88. The number of aliphatic hydroxyl groups is 2. The minimum Gasteiger partial charge on any atom is -0.479 e. The van der Waals surface area contributed by atoms with Crippen molar-refractivity contribution in [2.24, 2.45) is 5.92 Å². The highest BCUT2D eigenvalue weighted by Crippen LogP contribution is 2.40. The van der Waals surface area contributed by atoms with Crippen LogP contribution in [0.4, 0.5) is 0 Å². The van der Waals surface area contributed by atoms with Crippen LogP contribution in [0.25, 0.3) is 0 Å². The summed E-state index contributed by atoms with van der Waals surface area (Å²) in [6.45, 7) is 1.52. The van der Waals surface area contributed by atoms with Gasteiger partial charge in [0.15, 0.2) is 5.60 Å². The Balaban J connectivity index is 2.13. The number of carboxylic acid groups (broad SMARTS) is 1. The molecule has 0 amide bonds. The number of rotatable bonds is 2. The molecule has 6 heteroatoms. The number of aliphatic carboxylic acids is 1. The topological polar surface area (TPSA) is 96.2 Å². The van der Waals surface area contributed by atoms with Crippen molar-refractivity contribution < 1.29 is 29.6 Å². The van der Waals surface area contributed by atoms with Gasteiger partial charge in [0.25, 0.3) is 0 Å². The van der Waals surface area contributed by atoms with Gasteiger partial charge < -0.3 is 24.8 Å². The Kier molecular flexibility index (Phi) is 2.91. The smallest absolute Gasteiger partial charge is 0.335 e. The van der Waals surface area contributed by atoms with Crippen molar-refractivity contribution in [3.63, 3.8) is 0 Å². The lowest BCUT2D eigenvalue weighted by Gasteiger charge is -2.35. The SMILES string of the molecule is C[C@@]1(C(=O)O)CC2COC(CO)C(O)C2O1. The third-order valence-electron chi connectivity index (χ3n) is 3.39. The van der Waals surface area contributed by atoms with Gasteiger partial charge in [-0.2, -0.15) is 0 Å². The number of carboxylic acids is 1. The van der Waals surface area contributed by atoms with Gasteiger partial charge in [-0.3, -0.25) is 0 Å². The fourth-order valence-electron chi connectivity index (χ4n) is 2.42. The number of ether oxygens (including phenoxy) is 2. The Morgan fingerprint density at radius 1 is 1.56 bits per heavy atom. The van der Waals surface area contributed by atoms with Crippen LogP contribution in [0, 0.1) is 5.92 Å². The molecule has 0 aromatic carbocycles. The predicted molar refractivity (Wildman–Crippen MR) is 51.9 cm³/mol. The zero-order valence-electron chi connectivity index (χ0n) is 9.00. The molecule has 0 bridgehead atoms. The molecule has 2 aliphatic heterocycles. The van der Waals surface area contributed by atoms with Crippen LogP contribution in [0.1, 0.15) is 13.3 Å². The largest absolute Gasteiger partial charge is 0.479 e. The number of carbonyl (C=O) groups is 1. The highest BCUT2D eigenvalue weighted by Gasteiger charge is 2.54. The third kappa shape index (κ3) is 1.71. The molecule has 6 nitrogen and oxygen atoms in total. The molecule has 0 aromatic heterocycles. The summed E-state index contributed by atoms with van der Waals surface area (Å²) in [5.74, 6) is -1.16. The Bertz CT molecular complexity index is 293. The van der Waals surface area contributed by atoms with Crippen molar-refractivity contribution in [2.45, 2.75) is 37.3 Å². The Labute approximate surface area is 92.8 Å². The van der Waals surface area contributed by atoms with Crippen molar-refractivity contribution in [2.75, 3.05) is 13.2 Å². The maximum Gasteiger partial charge on any atom is 0.335 e. The molecule has 16 heavy (non-hydrogen) atoms. The van der Waals surface area contributed by atoms with Gasteiger partial charge in [-0.1, -0.05) is 0 Å². The quantitative estimate of drug-likeness (QED) is 0.564. The summed E-state index contributed by atoms with van der Waals surface area (Å²) >= 11 is 0. The molecular formula is C10H16O6. The summed E-state index contributed by atoms with van der Waals surface area (Å²) in [6.07, 6.45) is -1.89. The summed E-state index contributed by atoms with van der Waals surface area (Å²) in [6, 6.07) is 0. The maximum absolute atomic E-state index is 11.0. The van der Waals surface area contributed by atoms with E-state index in [0.29, 0.717) is 13.0 Å². The zero-order chi connectivity index (χ0) is 11.9. The molecule has 0 aromatic rings. The van der Waals surface area contributed by atoms with Crippen molar-refractivity contribution in [3.05, 3.63) is 0 Å². The molecule has 0 saturated carbocycles. The molecule has 3 N–H and O–H groups in total. The van der Waals surface area contributed by atoms with Crippen LogP contribution >= 0.6 is 0 Å². The maximum atomic E-state index is 11.0. The number of aliphatic hydroxyl groups excluding tert-OH is 2. The highest BCUT2D eigenvalue weighted by molar-refractivity contribution is 5.77. The summed E-state index contributed by atoms with van der Waals surface area (Å²) in [5.41, 5.74) is -1.26. The van der Waals surface area contributed by atoms with E-state index in [-0.39, 0.29) is 12.5 Å². The molecule has 2 aliphatic rings. The van der Waals surface area contributed by atoms with Crippen molar-refractivity contribution in [1.82, 2.24) is 0 Å². The summed E-state index contributed by atoms with van der Waals surface area (Å²) in [5, 5.41) is 27.8. The first-order valence-electron chi connectivity index (χ1n) is 5.29. The van der Waals surface area contributed by atoms with Gasteiger partial charge >= 0.3 is 5.97 Å². The second-order valence-corrected chi connectivity index (χ2v) is 4.63. The molecule has 5 atom stereocenters. The van der Waals surface area contributed by atoms with Gasteiger partial charge in [-0.15, -0.1) is 0 Å². The molecule has 0 spiro atoms. The molecule has 92 valence electrons. The first kappa shape index (κ1) is 11.8. The van der Waals surface area contributed by atoms with Crippen LogP contribution in [0.2, 0.25) is 0 Å². The van der Waals surface area contributed by atoms with Crippen LogP contribution in [-0.4, -0.2) is 58.4 Å². The molecule has 2 saturated heterocycles. The van der Waals surface area contributed by atoms with E-state index in [1.807, 2.05) is 0 Å². The lowest BCUT2D eigenvalue weighted by molar-refractivity contribution is -0.190. The van der Waals surface area contributed by atoms with E-state index in [1.54, 1.807) is 0 Å². The van der Waals surface area contributed by atoms with E-state index in [9.17, 15) is 9.90 Å².